The Morgan fingerprint density at radius 3 is 2.58 bits per heavy atom. The topological polar surface area (TPSA) is 49.4 Å². The number of hydrogen-bond donors (Lipinski definition) is 1. The van der Waals surface area contributed by atoms with Gasteiger partial charge >= 0.3 is 0 Å². The summed E-state index contributed by atoms with van der Waals surface area (Å²) >= 11 is 0. The van der Waals surface area contributed by atoms with Crippen LogP contribution in [0.3, 0.4) is 0 Å². The van der Waals surface area contributed by atoms with E-state index in [0.717, 1.165) is 25.2 Å². The number of hydrogen-bond acceptors (Lipinski definition) is 3. The minimum atomic E-state index is -3.26. The molecule has 1 fully saturated rings. The largest absolute Gasteiger partial charge is 0.299 e. The second-order valence-corrected chi connectivity index (χ2v) is 7.62. The highest BCUT2D eigenvalue weighted by molar-refractivity contribution is 7.93. The summed E-state index contributed by atoms with van der Waals surface area (Å²) in [5.74, 6) is 0. The summed E-state index contributed by atoms with van der Waals surface area (Å²) in [4.78, 5) is 2.40. The van der Waals surface area contributed by atoms with E-state index in [0.29, 0.717) is 5.69 Å². The van der Waals surface area contributed by atoms with Gasteiger partial charge in [0, 0.05) is 12.2 Å². The minimum Gasteiger partial charge on any atom is -0.299 e. The molecular weight excluding hydrogens is 260 g/mol. The van der Waals surface area contributed by atoms with Crippen LogP contribution in [0.15, 0.2) is 24.3 Å². The molecule has 1 aromatic carbocycles. The third-order valence-corrected chi connectivity index (χ3v) is 5.17. The number of anilines is 1. The van der Waals surface area contributed by atoms with Gasteiger partial charge in [-0.3, -0.25) is 9.62 Å². The summed E-state index contributed by atoms with van der Waals surface area (Å²) < 4.78 is 26.3. The van der Waals surface area contributed by atoms with Gasteiger partial charge in [0.2, 0.25) is 10.0 Å². The first-order chi connectivity index (χ1) is 8.97. The summed E-state index contributed by atoms with van der Waals surface area (Å²) in [5, 5.41) is -0.422. The molecule has 2 rings (SSSR count). The van der Waals surface area contributed by atoms with Gasteiger partial charge in [-0.25, -0.2) is 8.42 Å². The number of benzene rings is 1. The molecule has 106 valence electrons. The number of rotatable bonds is 5. The summed E-state index contributed by atoms with van der Waals surface area (Å²) in [6.07, 6.45) is 2.53. The van der Waals surface area contributed by atoms with Gasteiger partial charge in [-0.15, -0.1) is 0 Å². The zero-order valence-electron chi connectivity index (χ0n) is 11.6. The van der Waals surface area contributed by atoms with Crippen LogP contribution in [0.1, 0.15) is 32.3 Å². The standard InChI is InChI=1S/C14H22N2O2S/c1-12(2)19(17,18)15-14-7-5-6-13(10-14)11-16-8-3-4-9-16/h5-7,10,12,15H,3-4,8-9,11H2,1-2H3. The first-order valence-corrected chi connectivity index (χ1v) is 8.35. The van der Waals surface area contributed by atoms with Crippen molar-refractivity contribution in [3.8, 4) is 0 Å². The highest BCUT2D eigenvalue weighted by Crippen LogP contribution is 2.17. The predicted molar refractivity (Wildman–Crippen MR) is 78.6 cm³/mol. The zero-order chi connectivity index (χ0) is 13.9. The zero-order valence-corrected chi connectivity index (χ0v) is 12.4. The van der Waals surface area contributed by atoms with E-state index >= 15 is 0 Å². The third kappa shape index (κ3) is 3.94. The van der Waals surface area contributed by atoms with E-state index in [1.165, 1.54) is 12.8 Å². The lowest BCUT2D eigenvalue weighted by atomic mass is 10.2. The Hall–Kier alpha value is -1.07. The molecule has 1 heterocycles. The van der Waals surface area contributed by atoms with Gasteiger partial charge in [-0.2, -0.15) is 0 Å². The lowest BCUT2D eigenvalue weighted by Crippen LogP contribution is -2.22. The highest BCUT2D eigenvalue weighted by atomic mass is 32.2. The van der Waals surface area contributed by atoms with Gasteiger partial charge in [0.15, 0.2) is 0 Å². The molecule has 0 unspecified atom stereocenters. The molecule has 0 amide bonds. The number of nitrogens with zero attached hydrogens (tertiary/aromatic N) is 1. The lowest BCUT2D eigenvalue weighted by Gasteiger charge is -2.16. The molecule has 1 saturated heterocycles. The van der Waals surface area contributed by atoms with E-state index in [4.69, 9.17) is 0 Å². The molecule has 0 atom stereocenters. The summed E-state index contributed by atoms with van der Waals surface area (Å²) in [5.41, 5.74) is 1.82. The molecule has 1 aromatic rings. The van der Waals surface area contributed by atoms with Gasteiger partial charge in [0.25, 0.3) is 0 Å². The van der Waals surface area contributed by atoms with E-state index in [9.17, 15) is 8.42 Å². The van der Waals surface area contributed by atoms with Gasteiger partial charge in [-0.05, 0) is 57.5 Å². The normalized spacial score (nSPS) is 17.0. The van der Waals surface area contributed by atoms with Crippen molar-refractivity contribution in [1.82, 2.24) is 4.90 Å². The Balaban J connectivity index is 2.06. The van der Waals surface area contributed by atoms with E-state index in [1.807, 2.05) is 18.2 Å². The summed E-state index contributed by atoms with van der Waals surface area (Å²) in [6.45, 7) is 6.54. The second kappa shape index (κ2) is 5.92. The lowest BCUT2D eigenvalue weighted by molar-refractivity contribution is 0.331. The average molecular weight is 282 g/mol. The van der Waals surface area contributed by atoms with Crippen LogP contribution < -0.4 is 4.72 Å². The fraction of sp³-hybridized carbons (Fsp3) is 0.571. The number of sulfonamides is 1. The van der Waals surface area contributed by atoms with Crippen molar-refractivity contribution in [3.05, 3.63) is 29.8 Å². The maximum Gasteiger partial charge on any atom is 0.235 e. The Bertz CT molecular complexity index is 520. The van der Waals surface area contributed by atoms with Crippen LogP contribution in [-0.2, 0) is 16.6 Å². The quantitative estimate of drug-likeness (QED) is 0.902. The third-order valence-electron chi connectivity index (χ3n) is 3.41. The van der Waals surface area contributed by atoms with Crippen LogP contribution in [0.2, 0.25) is 0 Å². The smallest absolute Gasteiger partial charge is 0.235 e. The van der Waals surface area contributed by atoms with Crippen LogP contribution in [0, 0.1) is 0 Å². The fourth-order valence-electron chi connectivity index (χ4n) is 2.21. The van der Waals surface area contributed by atoms with Crippen molar-refractivity contribution < 1.29 is 8.42 Å². The molecule has 1 N–H and O–H groups in total. The maximum atomic E-state index is 11.8. The van der Waals surface area contributed by atoms with Crippen LogP contribution in [0.5, 0.6) is 0 Å². The Kier molecular flexibility index (Phi) is 4.47. The van der Waals surface area contributed by atoms with Gasteiger partial charge < -0.3 is 0 Å². The molecule has 4 nitrogen and oxygen atoms in total. The van der Waals surface area contributed by atoms with E-state index in [1.54, 1.807) is 19.9 Å². The summed E-state index contributed by atoms with van der Waals surface area (Å²) in [7, 11) is -3.26. The molecule has 0 aliphatic carbocycles. The number of likely N-dealkylation sites (tertiary alicyclic amines) is 1. The van der Waals surface area contributed by atoms with Crippen molar-refractivity contribution in [2.24, 2.45) is 0 Å². The van der Waals surface area contributed by atoms with Crippen LogP contribution in [-0.4, -0.2) is 31.7 Å². The minimum absolute atomic E-state index is 0.422. The maximum absolute atomic E-state index is 11.8. The van der Waals surface area contributed by atoms with Crippen LogP contribution >= 0.6 is 0 Å². The van der Waals surface area contributed by atoms with E-state index in [2.05, 4.69) is 9.62 Å². The second-order valence-electron chi connectivity index (χ2n) is 5.38. The molecule has 19 heavy (non-hydrogen) atoms. The average Bonchev–Trinajstić information content (AvgIpc) is 2.81. The number of nitrogens with one attached hydrogen (secondary N) is 1. The van der Waals surface area contributed by atoms with Gasteiger partial charge in [0.05, 0.1) is 5.25 Å². The van der Waals surface area contributed by atoms with Crippen molar-refractivity contribution in [3.63, 3.8) is 0 Å². The molecule has 1 aliphatic rings. The molecular formula is C14H22N2O2S. The van der Waals surface area contributed by atoms with Crippen molar-refractivity contribution >= 4 is 15.7 Å². The van der Waals surface area contributed by atoms with Gasteiger partial charge in [-0.1, -0.05) is 12.1 Å². The molecule has 0 bridgehead atoms. The molecule has 0 aromatic heterocycles. The molecule has 0 radical (unpaired) electrons. The van der Waals surface area contributed by atoms with Gasteiger partial charge in [0.1, 0.15) is 0 Å². The molecule has 0 spiro atoms. The first-order valence-electron chi connectivity index (χ1n) is 6.80. The SMILES string of the molecule is CC(C)S(=O)(=O)Nc1cccc(CN2CCCC2)c1. The molecule has 5 heteroatoms. The highest BCUT2D eigenvalue weighted by Gasteiger charge is 2.16. The van der Waals surface area contributed by atoms with Crippen molar-refractivity contribution in [2.45, 2.75) is 38.5 Å². The molecule has 0 saturated carbocycles. The van der Waals surface area contributed by atoms with Crippen molar-refractivity contribution in [2.75, 3.05) is 17.8 Å². The summed E-state index contributed by atoms with van der Waals surface area (Å²) in [6, 6.07) is 7.68. The monoisotopic (exact) mass is 282 g/mol. The Morgan fingerprint density at radius 1 is 1.26 bits per heavy atom. The van der Waals surface area contributed by atoms with Crippen molar-refractivity contribution in [1.29, 1.82) is 0 Å². The Morgan fingerprint density at radius 2 is 1.95 bits per heavy atom. The first kappa shape index (κ1) is 14.3. The fourth-order valence-corrected chi connectivity index (χ4v) is 2.91. The molecule has 1 aliphatic heterocycles. The van der Waals surface area contributed by atoms with Crippen LogP contribution in [0.4, 0.5) is 5.69 Å². The van der Waals surface area contributed by atoms with Crippen LogP contribution in [0.25, 0.3) is 0 Å². The Labute approximate surface area is 115 Å². The predicted octanol–water partition coefficient (Wildman–Crippen LogP) is 2.43. The van der Waals surface area contributed by atoms with E-state index < -0.39 is 15.3 Å². The van der Waals surface area contributed by atoms with E-state index in [-0.39, 0.29) is 0 Å².